The van der Waals surface area contributed by atoms with Crippen LogP contribution in [0.4, 0.5) is 28.9 Å². The third-order valence-corrected chi connectivity index (χ3v) is 7.15. The first-order valence-corrected chi connectivity index (χ1v) is 12.0. The van der Waals surface area contributed by atoms with Gasteiger partial charge in [-0.1, -0.05) is 30.3 Å². The highest BCUT2D eigenvalue weighted by Crippen LogP contribution is 2.40. The van der Waals surface area contributed by atoms with Crippen molar-refractivity contribution in [3.05, 3.63) is 94.8 Å². The monoisotopic (exact) mass is 508 g/mol. The van der Waals surface area contributed by atoms with Gasteiger partial charge in [-0.15, -0.1) is 0 Å². The summed E-state index contributed by atoms with van der Waals surface area (Å²) in [5.74, 6) is -1.46. The van der Waals surface area contributed by atoms with Crippen molar-refractivity contribution in [1.29, 1.82) is 5.26 Å². The number of hydrogen-bond donors (Lipinski definition) is 1. The molecule has 3 aromatic carbocycles. The molecular weight excluding hydrogens is 484 g/mol. The topological polar surface area (TPSA) is 59.4 Å². The minimum absolute atomic E-state index is 0.0227. The number of rotatable bonds is 4. The zero-order valence-electron chi connectivity index (χ0n) is 19.8. The minimum Gasteiger partial charge on any atom is -0.367 e. The Hall–Kier alpha value is -4.06. The Balaban J connectivity index is 1.47. The van der Waals surface area contributed by atoms with E-state index in [1.54, 1.807) is 30.3 Å². The summed E-state index contributed by atoms with van der Waals surface area (Å²) in [5.41, 5.74) is 2.00. The van der Waals surface area contributed by atoms with E-state index in [0.717, 1.165) is 17.8 Å². The summed E-state index contributed by atoms with van der Waals surface area (Å²) in [6.45, 7) is 1.40. The van der Waals surface area contributed by atoms with Crippen LogP contribution in [0, 0.1) is 23.1 Å². The van der Waals surface area contributed by atoms with Crippen LogP contribution >= 0.6 is 0 Å². The Morgan fingerprint density at radius 2 is 1.78 bits per heavy atom. The quantitative estimate of drug-likeness (QED) is 0.510. The Morgan fingerprint density at radius 1 is 1.03 bits per heavy atom. The molecule has 37 heavy (non-hydrogen) atoms. The summed E-state index contributed by atoms with van der Waals surface area (Å²) in [5, 5.41) is 12.4. The number of piperazine rings is 1. The smallest absolute Gasteiger partial charge is 0.367 e. The van der Waals surface area contributed by atoms with Crippen LogP contribution in [-0.2, 0) is 23.9 Å². The zero-order chi connectivity index (χ0) is 26.2. The van der Waals surface area contributed by atoms with Crippen LogP contribution in [0.2, 0.25) is 0 Å². The van der Waals surface area contributed by atoms with E-state index in [2.05, 4.69) is 11.4 Å². The lowest BCUT2D eigenvalue weighted by Gasteiger charge is -2.49. The van der Waals surface area contributed by atoms with Gasteiger partial charge in [-0.05, 0) is 48.4 Å². The molecule has 1 saturated heterocycles. The number of carbonyl (C=O) groups is 1. The third kappa shape index (κ3) is 4.84. The fourth-order valence-corrected chi connectivity index (χ4v) is 5.32. The second-order valence-electron chi connectivity index (χ2n) is 9.30. The van der Waals surface area contributed by atoms with Crippen molar-refractivity contribution in [3.8, 4) is 6.07 Å². The highest BCUT2D eigenvalue weighted by atomic mass is 19.4. The fourth-order valence-electron chi connectivity index (χ4n) is 5.32. The summed E-state index contributed by atoms with van der Waals surface area (Å²) in [4.78, 5) is 17.5. The molecule has 1 N–H and O–H groups in total. The van der Waals surface area contributed by atoms with Crippen molar-refractivity contribution in [2.75, 3.05) is 29.4 Å². The molecule has 0 saturated carbocycles. The van der Waals surface area contributed by atoms with Crippen LogP contribution < -0.4 is 15.1 Å². The number of amides is 1. The van der Waals surface area contributed by atoms with Crippen molar-refractivity contribution in [2.45, 2.75) is 25.2 Å². The van der Waals surface area contributed by atoms with E-state index < -0.39 is 23.5 Å². The molecule has 2 heterocycles. The first kappa shape index (κ1) is 24.6. The Bertz CT molecular complexity index is 1370. The molecule has 0 bridgehead atoms. The first-order valence-electron chi connectivity index (χ1n) is 12.0. The number of hydrogen-bond acceptors (Lipinski definition) is 4. The molecule has 9 heteroatoms. The van der Waals surface area contributed by atoms with E-state index in [0.29, 0.717) is 42.0 Å². The molecule has 2 atom stereocenters. The summed E-state index contributed by atoms with van der Waals surface area (Å²) in [6.07, 6.45) is -4.37. The Morgan fingerprint density at radius 3 is 2.54 bits per heavy atom. The van der Waals surface area contributed by atoms with Crippen LogP contribution in [-0.4, -0.2) is 31.6 Å². The normalized spacial score (nSPS) is 19.0. The number of nitriles is 1. The van der Waals surface area contributed by atoms with Crippen molar-refractivity contribution in [1.82, 2.24) is 5.32 Å². The summed E-state index contributed by atoms with van der Waals surface area (Å²) in [6, 6.07) is 18.9. The molecule has 190 valence electrons. The Labute approximate surface area is 211 Å². The number of anilines is 2. The number of halogens is 4. The number of nitrogens with zero attached hydrogens (tertiary/aromatic N) is 3. The summed E-state index contributed by atoms with van der Waals surface area (Å²) >= 11 is 0. The second kappa shape index (κ2) is 9.77. The van der Waals surface area contributed by atoms with E-state index in [4.69, 9.17) is 0 Å². The molecule has 0 unspecified atom stereocenters. The molecule has 0 radical (unpaired) electrons. The fraction of sp³-hybridized carbons (Fsp3) is 0.286. The molecule has 3 aromatic rings. The number of nitrogens with one attached hydrogen (secondary N) is 1. The van der Waals surface area contributed by atoms with Gasteiger partial charge in [0.2, 0.25) is 5.91 Å². The van der Waals surface area contributed by atoms with Crippen molar-refractivity contribution < 1.29 is 22.4 Å². The Kier molecular flexibility index (Phi) is 6.50. The van der Waals surface area contributed by atoms with E-state index in [-0.39, 0.29) is 24.9 Å². The zero-order valence-corrected chi connectivity index (χ0v) is 19.8. The number of para-hydroxylation sites is 1. The predicted octanol–water partition coefficient (Wildman–Crippen LogP) is 4.90. The lowest BCUT2D eigenvalue weighted by atomic mass is 9.82. The van der Waals surface area contributed by atoms with E-state index in [1.807, 2.05) is 21.9 Å². The SMILES string of the molecule is N#Cc1ccccc1N1CCN2c3ccc(C(F)(F)F)cc3C[C@H](C(=O)NCc3ccccc3F)[C@@H]2C1. The van der Waals surface area contributed by atoms with Crippen LogP contribution in [0.5, 0.6) is 0 Å². The van der Waals surface area contributed by atoms with Gasteiger partial charge in [0.25, 0.3) is 0 Å². The highest BCUT2D eigenvalue weighted by Gasteiger charge is 2.43. The maximum atomic E-state index is 14.1. The van der Waals surface area contributed by atoms with Gasteiger partial charge in [0.05, 0.1) is 28.8 Å². The van der Waals surface area contributed by atoms with Gasteiger partial charge in [-0.25, -0.2) is 4.39 Å². The van der Waals surface area contributed by atoms with Crippen molar-refractivity contribution in [2.24, 2.45) is 5.92 Å². The maximum Gasteiger partial charge on any atom is 0.416 e. The van der Waals surface area contributed by atoms with E-state index in [9.17, 15) is 27.6 Å². The average molecular weight is 509 g/mol. The van der Waals surface area contributed by atoms with Gasteiger partial charge in [-0.2, -0.15) is 18.4 Å². The average Bonchev–Trinajstić information content (AvgIpc) is 2.90. The van der Waals surface area contributed by atoms with Gasteiger partial charge < -0.3 is 15.1 Å². The van der Waals surface area contributed by atoms with Crippen LogP contribution in [0.3, 0.4) is 0 Å². The van der Waals surface area contributed by atoms with E-state index >= 15 is 0 Å². The molecular formula is C28H24F4N4O. The standard InChI is InChI=1S/C28H24F4N4O/c29-23-7-3-1-6-19(23)16-34-27(37)22-14-20-13-21(28(30,31)32)9-10-25(20)36-12-11-35(17-26(22)36)24-8-4-2-5-18(24)15-33/h1-10,13,22,26H,11-12,14,16-17H2,(H,34,37)/t22-,26-/m0/s1. The number of fused-ring (bicyclic) bond motifs is 3. The van der Waals surface area contributed by atoms with Crippen LogP contribution in [0.15, 0.2) is 66.7 Å². The molecule has 0 aliphatic carbocycles. The molecule has 2 aliphatic rings. The number of carbonyl (C=O) groups excluding carboxylic acids is 1. The van der Waals surface area contributed by atoms with Gasteiger partial charge in [0.1, 0.15) is 11.9 Å². The molecule has 0 aromatic heterocycles. The molecule has 1 amide bonds. The summed E-state index contributed by atoms with van der Waals surface area (Å²) in [7, 11) is 0. The van der Waals surface area contributed by atoms with Crippen molar-refractivity contribution in [3.63, 3.8) is 0 Å². The van der Waals surface area contributed by atoms with Gasteiger partial charge in [0, 0.05) is 37.4 Å². The van der Waals surface area contributed by atoms with Crippen LogP contribution in [0.25, 0.3) is 0 Å². The number of alkyl halides is 3. The molecule has 5 nitrogen and oxygen atoms in total. The molecule has 2 aliphatic heterocycles. The third-order valence-electron chi connectivity index (χ3n) is 7.15. The minimum atomic E-state index is -4.49. The number of benzene rings is 3. The highest BCUT2D eigenvalue weighted by molar-refractivity contribution is 5.82. The first-order chi connectivity index (χ1) is 17.8. The predicted molar refractivity (Wildman–Crippen MR) is 131 cm³/mol. The largest absolute Gasteiger partial charge is 0.416 e. The van der Waals surface area contributed by atoms with Gasteiger partial charge >= 0.3 is 6.18 Å². The maximum absolute atomic E-state index is 14.1. The summed E-state index contributed by atoms with van der Waals surface area (Å²) < 4.78 is 54.4. The molecule has 5 rings (SSSR count). The van der Waals surface area contributed by atoms with Gasteiger partial charge in [0.15, 0.2) is 0 Å². The van der Waals surface area contributed by atoms with E-state index in [1.165, 1.54) is 12.1 Å². The van der Waals surface area contributed by atoms with Crippen molar-refractivity contribution >= 4 is 17.3 Å². The molecule has 1 fully saturated rings. The second-order valence-corrected chi connectivity index (χ2v) is 9.30. The van der Waals surface area contributed by atoms with Crippen LogP contribution in [0.1, 0.15) is 22.3 Å². The van der Waals surface area contributed by atoms with Gasteiger partial charge in [-0.3, -0.25) is 4.79 Å². The molecule has 0 spiro atoms. The lowest BCUT2D eigenvalue weighted by molar-refractivity contribution is -0.137. The lowest BCUT2D eigenvalue weighted by Crippen LogP contribution is -2.61.